The minimum atomic E-state index is -3.46. The van der Waals surface area contributed by atoms with Gasteiger partial charge >= 0.3 is 0 Å². The summed E-state index contributed by atoms with van der Waals surface area (Å²) in [6.07, 6.45) is 1.38. The predicted molar refractivity (Wildman–Crippen MR) is 42.6 cm³/mol. The first-order chi connectivity index (χ1) is 5.52. The summed E-state index contributed by atoms with van der Waals surface area (Å²) in [6.45, 7) is 0. The number of nitrogens with one attached hydrogen (secondary N) is 2. The van der Waals surface area contributed by atoms with Gasteiger partial charge in [-0.05, 0) is 6.07 Å². The Morgan fingerprint density at radius 3 is 2.67 bits per heavy atom. The number of sulfonamides is 1. The fourth-order valence-electron chi connectivity index (χ4n) is 0.682. The van der Waals surface area contributed by atoms with Gasteiger partial charge in [0.05, 0.1) is 6.20 Å². The second kappa shape index (κ2) is 3.21. The van der Waals surface area contributed by atoms with Gasteiger partial charge in [0.2, 0.25) is 0 Å². The lowest BCUT2D eigenvalue weighted by Crippen LogP contribution is -2.36. The highest BCUT2D eigenvalue weighted by atomic mass is 32.2. The normalized spacial score (nSPS) is 12.2. The molecule has 6 nitrogen and oxygen atoms in total. The number of rotatable bonds is 3. The molecule has 0 unspecified atom stereocenters. The molecule has 0 aromatic carbocycles. The molecule has 68 valence electrons. The maximum atomic E-state index is 11.3. The third kappa shape index (κ3) is 2.03. The van der Waals surface area contributed by atoms with Crippen molar-refractivity contribution in [3.05, 3.63) is 12.3 Å². The van der Waals surface area contributed by atoms with E-state index in [1.165, 1.54) is 17.3 Å². The molecule has 0 aliphatic rings. The highest BCUT2D eigenvalue weighted by molar-refractivity contribution is 7.89. The Bertz CT molecular complexity index is 328. The van der Waals surface area contributed by atoms with Crippen molar-refractivity contribution < 1.29 is 8.42 Å². The number of hydrogen-bond acceptors (Lipinski definition) is 4. The van der Waals surface area contributed by atoms with Crippen LogP contribution in [0.15, 0.2) is 17.3 Å². The summed E-state index contributed by atoms with van der Waals surface area (Å²) in [5.41, 5.74) is 0. The van der Waals surface area contributed by atoms with Crippen LogP contribution in [0.1, 0.15) is 0 Å². The molecule has 0 aliphatic carbocycles. The second-order valence-corrected chi connectivity index (χ2v) is 4.04. The van der Waals surface area contributed by atoms with E-state index >= 15 is 0 Å². The number of nitrogens with zero attached hydrogens (tertiary/aromatic N) is 2. The smallest absolute Gasteiger partial charge is 0.266 e. The first-order valence-corrected chi connectivity index (χ1v) is 4.70. The van der Waals surface area contributed by atoms with Crippen molar-refractivity contribution in [2.24, 2.45) is 0 Å². The number of aromatic nitrogens is 2. The molecule has 0 amide bonds. The van der Waals surface area contributed by atoms with E-state index in [9.17, 15) is 8.42 Å². The van der Waals surface area contributed by atoms with Crippen LogP contribution in [0.3, 0.4) is 0 Å². The first-order valence-electron chi connectivity index (χ1n) is 3.21. The number of H-pyrrole nitrogens is 1. The summed E-state index contributed by atoms with van der Waals surface area (Å²) >= 11 is 0. The van der Waals surface area contributed by atoms with E-state index in [4.69, 9.17) is 0 Å². The van der Waals surface area contributed by atoms with Crippen molar-refractivity contribution in [1.82, 2.24) is 20.0 Å². The molecule has 0 aliphatic heterocycles. The van der Waals surface area contributed by atoms with Crippen molar-refractivity contribution >= 4 is 10.0 Å². The molecule has 1 heterocycles. The molecular formula is C5H10N4O2S. The van der Waals surface area contributed by atoms with E-state index in [0.29, 0.717) is 0 Å². The Hall–Kier alpha value is -0.920. The van der Waals surface area contributed by atoms with Gasteiger partial charge in [-0.25, -0.2) is 13.4 Å². The lowest BCUT2D eigenvalue weighted by molar-refractivity contribution is 0.363. The second-order valence-electron chi connectivity index (χ2n) is 2.41. The zero-order valence-corrected chi connectivity index (χ0v) is 7.59. The third-order valence-electron chi connectivity index (χ3n) is 1.07. The standard InChI is InChI=1S/C5H10N4O2S/c1-9(2)8-12(10,11)5-3-4-6-7-5/h3-4,8H,1-2H3,(H,6,7). The first kappa shape index (κ1) is 9.17. The quantitative estimate of drug-likeness (QED) is 0.609. The van der Waals surface area contributed by atoms with E-state index in [-0.39, 0.29) is 5.03 Å². The summed E-state index contributed by atoms with van der Waals surface area (Å²) < 4.78 is 22.6. The third-order valence-corrected chi connectivity index (χ3v) is 2.48. The van der Waals surface area contributed by atoms with Gasteiger partial charge in [-0.15, -0.1) is 4.83 Å². The molecule has 0 radical (unpaired) electrons. The predicted octanol–water partition coefficient (Wildman–Crippen LogP) is -0.835. The molecule has 0 saturated carbocycles. The van der Waals surface area contributed by atoms with Crippen molar-refractivity contribution in [1.29, 1.82) is 0 Å². The molecule has 0 fully saturated rings. The van der Waals surface area contributed by atoms with Crippen molar-refractivity contribution in [2.75, 3.05) is 14.1 Å². The minimum Gasteiger partial charge on any atom is -0.266 e. The fraction of sp³-hybridized carbons (Fsp3) is 0.400. The summed E-state index contributed by atoms with van der Waals surface area (Å²) in [6, 6.07) is 1.38. The van der Waals surface area contributed by atoms with Crippen LogP contribution in [0.25, 0.3) is 0 Å². The van der Waals surface area contributed by atoms with E-state index in [1.807, 2.05) is 0 Å². The molecule has 0 spiro atoms. The van der Waals surface area contributed by atoms with Gasteiger partial charge in [0.15, 0.2) is 5.03 Å². The van der Waals surface area contributed by atoms with Gasteiger partial charge in [0.25, 0.3) is 10.0 Å². The number of aromatic amines is 1. The molecule has 1 aromatic rings. The minimum absolute atomic E-state index is 0.0520. The van der Waals surface area contributed by atoms with Gasteiger partial charge in [0.1, 0.15) is 0 Å². The van der Waals surface area contributed by atoms with Gasteiger partial charge in [-0.3, -0.25) is 5.10 Å². The van der Waals surface area contributed by atoms with E-state index in [2.05, 4.69) is 15.0 Å². The molecule has 2 N–H and O–H groups in total. The molecule has 1 rings (SSSR count). The van der Waals surface area contributed by atoms with Crippen LogP contribution in [0, 0.1) is 0 Å². The number of hydrazine groups is 1. The average Bonchev–Trinajstić information content (AvgIpc) is 2.32. The van der Waals surface area contributed by atoms with Crippen LogP contribution in [0.4, 0.5) is 0 Å². The fourth-order valence-corrected chi connectivity index (χ4v) is 1.67. The monoisotopic (exact) mass is 190 g/mol. The zero-order valence-electron chi connectivity index (χ0n) is 6.77. The summed E-state index contributed by atoms with van der Waals surface area (Å²) in [4.78, 5) is 2.26. The Kier molecular flexibility index (Phi) is 2.46. The maximum absolute atomic E-state index is 11.3. The van der Waals surface area contributed by atoms with E-state index < -0.39 is 10.0 Å². The van der Waals surface area contributed by atoms with E-state index in [1.54, 1.807) is 14.1 Å². The molecule has 0 saturated heterocycles. The van der Waals surface area contributed by atoms with Crippen LogP contribution in [-0.4, -0.2) is 37.7 Å². The molecule has 7 heteroatoms. The van der Waals surface area contributed by atoms with Gasteiger partial charge < -0.3 is 0 Å². The maximum Gasteiger partial charge on any atom is 0.270 e. The molecule has 12 heavy (non-hydrogen) atoms. The van der Waals surface area contributed by atoms with Gasteiger partial charge in [-0.2, -0.15) is 5.10 Å². The van der Waals surface area contributed by atoms with Crippen molar-refractivity contribution in [3.8, 4) is 0 Å². The summed E-state index contributed by atoms with van der Waals surface area (Å²) in [5, 5.41) is 7.28. The lowest BCUT2D eigenvalue weighted by atomic mass is 10.8. The molecule has 0 bridgehead atoms. The SMILES string of the molecule is CN(C)NS(=O)(=O)c1ccn[nH]1. The summed E-state index contributed by atoms with van der Waals surface area (Å²) in [7, 11) is -0.276. The lowest BCUT2D eigenvalue weighted by Gasteiger charge is -2.10. The Balaban J connectivity index is 2.88. The van der Waals surface area contributed by atoms with Crippen LogP contribution >= 0.6 is 0 Å². The van der Waals surface area contributed by atoms with Crippen LogP contribution in [0.5, 0.6) is 0 Å². The number of hydrogen-bond donors (Lipinski definition) is 2. The van der Waals surface area contributed by atoms with Crippen molar-refractivity contribution in [2.45, 2.75) is 5.03 Å². The average molecular weight is 190 g/mol. The Morgan fingerprint density at radius 1 is 1.58 bits per heavy atom. The van der Waals surface area contributed by atoms with Crippen molar-refractivity contribution in [3.63, 3.8) is 0 Å². The van der Waals surface area contributed by atoms with Crippen LogP contribution in [0.2, 0.25) is 0 Å². The van der Waals surface area contributed by atoms with Crippen LogP contribution < -0.4 is 4.83 Å². The highest BCUT2D eigenvalue weighted by Crippen LogP contribution is 2.01. The highest BCUT2D eigenvalue weighted by Gasteiger charge is 2.15. The molecular weight excluding hydrogens is 180 g/mol. The van der Waals surface area contributed by atoms with Gasteiger partial charge in [-0.1, -0.05) is 0 Å². The Labute approximate surface area is 70.6 Å². The molecule has 0 atom stereocenters. The van der Waals surface area contributed by atoms with Gasteiger partial charge in [0, 0.05) is 14.1 Å². The topological polar surface area (TPSA) is 78.1 Å². The molecule has 1 aromatic heterocycles. The Morgan fingerprint density at radius 2 is 2.25 bits per heavy atom. The van der Waals surface area contributed by atoms with Crippen LogP contribution in [-0.2, 0) is 10.0 Å². The summed E-state index contributed by atoms with van der Waals surface area (Å²) in [5.74, 6) is 0. The van der Waals surface area contributed by atoms with E-state index in [0.717, 1.165) is 0 Å². The largest absolute Gasteiger partial charge is 0.270 e. The zero-order chi connectivity index (χ0) is 9.19.